The first kappa shape index (κ1) is 22.3. The van der Waals surface area contributed by atoms with E-state index in [0.29, 0.717) is 13.0 Å². The fourth-order valence-electron chi connectivity index (χ4n) is 4.96. The maximum Gasteiger partial charge on any atom is 0.269 e. The second-order valence-corrected chi connectivity index (χ2v) is 10.5. The molecule has 8 heteroatoms. The average Bonchev–Trinajstić information content (AvgIpc) is 3.34. The Kier molecular flexibility index (Phi) is 5.93. The lowest BCUT2D eigenvalue weighted by Crippen LogP contribution is -2.30. The molecule has 2 N–H and O–H groups in total. The molecule has 174 valence electrons. The predicted molar refractivity (Wildman–Crippen MR) is 131 cm³/mol. The molecule has 0 fully saturated rings. The van der Waals surface area contributed by atoms with Crippen LogP contribution in [0, 0.1) is 16.0 Å². The van der Waals surface area contributed by atoms with Crippen molar-refractivity contribution in [3.8, 4) is 0 Å². The molecule has 0 saturated carbocycles. The Bertz CT molecular complexity index is 1360. The minimum atomic E-state index is -3.65. The van der Waals surface area contributed by atoms with Crippen molar-refractivity contribution in [3.05, 3.63) is 112 Å². The van der Waals surface area contributed by atoms with Gasteiger partial charge in [0.2, 0.25) is 10.0 Å². The van der Waals surface area contributed by atoms with Crippen molar-refractivity contribution in [2.24, 2.45) is 5.92 Å². The van der Waals surface area contributed by atoms with Crippen LogP contribution in [-0.2, 0) is 16.4 Å². The summed E-state index contributed by atoms with van der Waals surface area (Å²) in [7, 11) is -3.65. The van der Waals surface area contributed by atoms with Crippen LogP contribution in [0.1, 0.15) is 35.1 Å². The molecule has 0 radical (unpaired) electrons. The van der Waals surface area contributed by atoms with E-state index in [1.807, 2.05) is 36.4 Å². The quantitative estimate of drug-likeness (QED) is 0.286. The van der Waals surface area contributed by atoms with Crippen LogP contribution in [0.3, 0.4) is 0 Å². The molecule has 1 aliphatic heterocycles. The second-order valence-electron chi connectivity index (χ2n) is 8.71. The highest BCUT2D eigenvalue weighted by atomic mass is 32.2. The molecule has 3 atom stereocenters. The highest BCUT2D eigenvalue weighted by molar-refractivity contribution is 7.89. The molecule has 7 nitrogen and oxygen atoms in total. The number of hydrogen-bond acceptors (Lipinski definition) is 5. The molecule has 3 aromatic carbocycles. The second kappa shape index (κ2) is 9.04. The number of fused-ring (bicyclic) bond motifs is 3. The van der Waals surface area contributed by atoms with Gasteiger partial charge in [0.1, 0.15) is 0 Å². The molecule has 0 amide bonds. The van der Waals surface area contributed by atoms with Crippen molar-refractivity contribution >= 4 is 21.4 Å². The van der Waals surface area contributed by atoms with Gasteiger partial charge >= 0.3 is 0 Å². The highest BCUT2D eigenvalue weighted by Crippen LogP contribution is 2.50. The number of nitro groups is 1. The predicted octanol–water partition coefficient (Wildman–Crippen LogP) is 4.94. The number of nitro benzene ring substituents is 1. The maximum atomic E-state index is 13.0. The number of allylic oxidation sites excluding steroid dienone is 2. The minimum Gasteiger partial charge on any atom is -0.378 e. The van der Waals surface area contributed by atoms with Crippen LogP contribution in [0.25, 0.3) is 0 Å². The molecule has 3 aromatic rings. The molecule has 0 bridgehead atoms. The van der Waals surface area contributed by atoms with Crippen molar-refractivity contribution in [1.82, 2.24) is 4.72 Å². The van der Waals surface area contributed by atoms with Gasteiger partial charge in [-0.25, -0.2) is 13.1 Å². The fraction of sp³-hybridized carbons (Fsp3) is 0.231. The summed E-state index contributed by atoms with van der Waals surface area (Å²) in [4.78, 5) is 11.1. The molecule has 2 aliphatic rings. The van der Waals surface area contributed by atoms with Gasteiger partial charge in [0.15, 0.2) is 0 Å². The molecule has 0 spiro atoms. The number of sulfonamides is 1. The van der Waals surface area contributed by atoms with E-state index in [9.17, 15) is 18.5 Å². The zero-order valence-electron chi connectivity index (χ0n) is 18.4. The molecule has 0 saturated heterocycles. The van der Waals surface area contributed by atoms with Crippen LogP contribution >= 0.6 is 0 Å². The van der Waals surface area contributed by atoms with E-state index in [1.54, 1.807) is 30.3 Å². The Morgan fingerprint density at radius 2 is 1.85 bits per heavy atom. The van der Waals surface area contributed by atoms with Gasteiger partial charge in [-0.05, 0) is 53.6 Å². The zero-order chi connectivity index (χ0) is 23.7. The maximum absolute atomic E-state index is 13.0. The third-order valence-corrected chi connectivity index (χ3v) is 8.09. The summed E-state index contributed by atoms with van der Waals surface area (Å²) in [5, 5.41) is 14.8. The van der Waals surface area contributed by atoms with Gasteiger partial charge in [-0.2, -0.15) is 0 Å². The Morgan fingerprint density at radius 1 is 1.03 bits per heavy atom. The van der Waals surface area contributed by atoms with E-state index in [1.165, 1.54) is 6.07 Å². The number of anilines is 1. The van der Waals surface area contributed by atoms with Crippen LogP contribution in [-0.4, -0.2) is 19.9 Å². The summed E-state index contributed by atoms with van der Waals surface area (Å²) in [6, 6.07) is 21.5. The normalized spacial score (nSPS) is 20.9. The van der Waals surface area contributed by atoms with Crippen LogP contribution in [0.2, 0.25) is 0 Å². The van der Waals surface area contributed by atoms with Gasteiger partial charge in [0.25, 0.3) is 5.69 Å². The van der Waals surface area contributed by atoms with Crippen molar-refractivity contribution < 1.29 is 13.3 Å². The molecule has 1 heterocycles. The third kappa shape index (κ3) is 4.34. The summed E-state index contributed by atoms with van der Waals surface area (Å²) >= 11 is 0. The zero-order valence-corrected chi connectivity index (χ0v) is 19.2. The van der Waals surface area contributed by atoms with E-state index in [0.717, 1.165) is 28.8 Å². The van der Waals surface area contributed by atoms with Crippen LogP contribution in [0.4, 0.5) is 11.4 Å². The fourth-order valence-corrected chi connectivity index (χ4v) is 6.03. The van der Waals surface area contributed by atoms with E-state index in [2.05, 4.69) is 22.2 Å². The van der Waals surface area contributed by atoms with Gasteiger partial charge in [-0.15, -0.1) is 0 Å². The lowest BCUT2D eigenvalue weighted by molar-refractivity contribution is -0.384. The van der Waals surface area contributed by atoms with Crippen molar-refractivity contribution in [2.75, 3.05) is 11.9 Å². The molecular formula is C26H25N3O4S. The molecule has 3 unspecified atom stereocenters. The molecule has 1 aliphatic carbocycles. The minimum absolute atomic E-state index is 0.0416. The van der Waals surface area contributed by atoms with Crippen LogP contribution in [0.15, 0.2) is 89.8 Å². The largest absolute Gasteiger partial charge is 0.378 e. The molecule has 34 heavy (non-hydrogen) atoms. The standard InChI is InChI=1S/C26H25N3O4S/c30-29(31)20-9-4-8-19(16-20)26-23-11-5-10-22(23)24-17-21(12-13-25(24)28-26)34(32,33)27-15-14-18-6-2-1-3-7-18/h1-10,12-13,16-17,22-23,26-28H,11,14-15H2. The summed E-state index contributed by atoms with van der Waals surface area (Å²) < 4.78 is 28.7. The number of nitrogens with zero attached hydrogens (tertiary/aromatic N) is 1. The van der Waals surface area contributed by atoms with E-state index in [-0.39, 0.29) is 33.4 Å². The van der Waals surface area contributed by atoms with Crippen molar-refractivity contribution in [2.45, 2.75) is 29.7 Å². The van der Waals surface area contributed by atoms with Crippen molar-refractivity contribution in [3.63, 3.8) is 0 Å². The first-order valence-electron chi connectivity index (χ1n) is 11.3. The summed E-state index contributed by atoms with van der Waals surface area (Å²) in [6.45, 7) is 0.322. The summed E-state index contributed by atoms with van der Waals surface area (Å²) in [5.74, 6) is 0.193. The molecular weight excluding hydrogens is 450 g/mol. The monoisotopic (exact) mass is 475 g/mol. The Balaban J connectivity index is 1.39. The molecule has 0 aromatic heterocycles. The summed E-state index contributed by atoms with van der Waals surface area (Å²) in [6.07, 6.45) is 5.66. The number of benzene rings is 3. The SMILES string of the molecule is O=[N+]([O-])c1cccc(C2Nc3ccc(S(=O)(=O)NCCc4ccccc4)cc3C3C=CCC32)c1. The lowest BCUT2D eigenvalue weighted by atomic mass is 9.77. The number of nitrogens with one attached hydrogen (secondary N) is 2. The number of rotatable bonds is 7. The van der Waals surface area contributed by atoms with Gasteiger partial charge in [-0.1, -0.05) is 54.6 Å². The van der Waals surface area contributed by atoms with Crippen molar-refractivity contribution in [1.29, 1.82) is 0 Å². The van der Waals surface area contributed by atoms with E-state index >= 15 is 0 Å². The topological polar surface area (TPSA) is 101 Å². The first-order valence-corrected chi connectivity index (χ1v) is 12.8. The van der Waals surface area contributed by atoms with Crippen LogP contribution < -0.4 is 10.0 Å². The number of hydrogen-bond donors (Lipinski definition) is 2. The van der Waals surface area contributed by atoms with Gasteiger partial charge in [0, 0.05) is 30.3 Å². The van der Waals surface area contributed by atoms with E-state index in [4.69, 9.17) is 0 Å². The van der Waals surface area contributed by atoms with Gasteiger partial charge in [-0.3, -0.25) is 10.1 Å². The average molecular weight is 476 g/mol. The first-order chi connectivity index (χ1) is 16.4. The Morgan fingerprint density at radius 3 is 2.65 bits per heavy atom. The highest BCUT2D eigenvalue weighted by Gasteiger charge is 2.38. The summed E-state index contributed by atoms with van der Waals surface area (Å²) in [5.41, 5.74) is 3.79. The third-order valence-electron chi connectivity index (χ3n) is 6.63. The van der Waals surface area contributed by atoms with E-state index < -0.39 is 10.0 Å². The molecule has 5 rings (SSSR count). The van der Waals surface area contributed by atoms with Gasteiger partial charge in [0.05, 0.1) is 15.9 Å². The Labute approximate surface area is 198 Å². The lowest BCUT2D eigenvalue weighted by Gasteiger charge is -2.37. The smallest absolute Gasteiger partial charge is 0.269 e. The van der Waals surface area contributed by atoms with Gasteiger partial charge < -0.3 is 5.32 Å². The Hall–Kier alpha value is -3.49. The number of non-ortho nitro benzene ring substituents is 1. The van der Waals surface area contributed by atoms with Crippen LogP contribution in [0.5, 0.6) is 0 Å².